The lowest BCUT2D eigenvalue weighted by atomic mass is 9.95. The Morgan fingerprint density at radius 2 is 1.78 bits per heavy atom. The summed E-state index contributed by atoms with van der Waals surface area (Å²) in [6.45, 7) is 1.87. The summed E-state index contributed by atoms with van der Waals surface area (Å²) in [6.07, 6.45) is 1.64. The fraction of sp³-hybridized carbons (Fsp3) is 0.0833. The van der Waals surface area contributed by atoms with Crippen molar-refractivity contribution in [1.29, 1.82) is 0 Å². The van der Waals surface area contributed by atoms with Crippen molar-refractivity contribution in [2.75, 3.05) is 10.6 Å². The number of allylic oxidation sites excluding steroid dienone is 1. The van der Waals surface area contributed by atoms with E-state index in [9.17, 15) is 4.79 Å². The highest BCUT2D eigenvalue weighted by molar-refractivity contribution is 9.10. The lowest BCUT2D eigenvalue weighted by molar-refractivity contribution is -0.113. The highest BCUT2D eigenvalue weighted by atomic mass is 79.9. The van der Waals surface area contributed by atoms with Crippen molar-refractivity contribution in [3.63, 3.8) is 0 Å². The van der Waals surface area contributed by atoms with Crippen LogP contribution >= 0.6 is 15.9 Å². The molecule has 1 aliphatic rings. The van der Waals surface area contributed by atoms with Gasteiger partial charge in [0, 0.05) is 21.9 Å². The van der Waals surface area contributed by atoms with E-state index >= 15 is 0 Å². The Morgan fingerprint density at radius 3 is 2.50 bits per heavy atom. The van der Waals surface area contributed by atoms with Crippen LogP contribution in [0.3, 0.4) is 0 Å². The van der Waals surface area contributed by atoms with Crippen molar-refractivity contribution >= 4 is 33.6 Å². The summed E-state index contributed by atoms with van der Waals surface area (Å²) < 4.78 is 2.73. The van der Waals surface area contributed by atoms with Gasteiger partial charge < -0.3 is 10.6 Å². The fourth-order valence-corrected chi connectivity index (χ4v) is 3.99. The molecule has 158 valence electrons. The van der Waals surface area contributed by atoms with Gasteiger partial charge in [0.25, 0.3) is 5.91 Å². The van der Waals surface area contributed by atoms with Gasteiger partial charge in [0.05, 0.1) is 5.57 Å². The van der Waals surface area contributed by atoms with E-state index in [0.29, 0.717) is 28.9 Å². The number of nitrogens with zero attached hydrogens (tertiary/aromatic N) is 4. The van der Waals surface area contributed by atoms with E-state index in [1.165, 1.54) is 0 Å². The standard InChI is InChI=1S/C24H19BrN6O/c1-15-20(23(32)28-19-9-5-6-14-26-19)21(16-10-12-18(25)13-11-16)31-24(27-15)29-22(30-31)17-7-3-2-4-8-17/h2-14,21H,1H3,(H,26,28,32)(H,27,29,30)/t21-/m0/s1. The third-order valence-corrected chi connectivity index (χ3v) is 5.75. The molecule has 2 aromatic heterocycles. The minimum Gasteiger partial charge on any atom is -0.328 e. The lowest BCUT2D eigenvalue weighted by Gasteiger charge is -2.28. The zero-order valence-corrected chi connectivity index (χ0v) is 18.7. The minimum absolute atomic E-state index is 0.246. The van der Waals surface area contributed by atoms with Gasteiger partial charge in [-0.3, -0.25) is 4.79 Å². The number of fused-ring (bicyclic) bond motifs is 1. The molecule has 0 saturated carbocycles. The molecule has 2 aromatic carbocycles. The van der Waals surface area contributed by atoms with Crippen molar-refractivity contribution in [2.24, 2.45) is 0 Å². The van der Waals surface area contributed by atoms with E-state index in [1.54, 1.807) is 23.0 Å². The normalized spacial score (nSPS) is 15.1. The van der Waals surface area contributed by atoms with Crippen LogP contribution in [0.25, 0.3) is 11.4 Å². The molecule has 0 saturated heterocycles. The first-order chi connectivity index (χ1) is 15.6. The van der Waals surface area contributed by atoms with E-state index in [-0.39, 0.29) is 5.91 Å². The molecule has 0 spiro atoms. The number of rotatable bonds is 4. The average molecular weight is 487 g/mol. The Balaban J connectivity index is 1.60. The average Bonchev–Trinajstić information content (AvgIpc) is 3.23. The maximum atomic E-state index is 13.4. The number of carbonyl (C=O) groups is 1. The summed E-state index contributed by atoms with van der Waals surface area (Å²) >= 11 is 3.49. The van der Waals surface area contributed by atoms with Crippen molar-refractivity contribution in [2.45, 2.75) is 13.0 Å². The third-order valence-electron chi connectivity index (χ3n) is 5.22. The molecule has 1 amide bonds. The van der Waals surface area contributed by atoms with Crippen LogP contribution in [0.15, 0.2) is 94.7 Å². The summed E-state index contributed by atoms with van der Waals surface area (Å²) in [5, 5.41) is 10.9. The van der Waals surface area contributed by atoms with Crippen LogP contribution < -0.4 is 10.6 Å². The summed E-state index contributed by atoms with van der Waals surface area (Å²) in [5.74, 6) is 1.42. The minimum atomic E-state index is -0.451. The topological polar surface area (TPSA) is 84.7 Å². The van der Waals surface area contributed by atoms with E-state index in [2.05, 4.69) is 31.5 Å². The predicted octanol–water partition coefficient (Wildman–Crippen LogP) is 5.03. The first-order valence-electron chi connectivity index (χ1n) is 10.1. The highest BCUT2D eigenvalue weighted by Crippen LogP contribution is 2.37. The molecular weight excluding hydrogens is 468 g/mol. The molecule has 2 N–H and O–H groups in total. The number of anilines is 2. The second-order valence-electron chi connectivity index (χ2n) is 7.36. The molecule has 1 atom stereocenters. The first kappa shape index (κ1) is 20.1. The van der Waals surface area contributed by atoms with Gasteiger partial charge in [-0.2, -0.15) is 4.98 Å². The van der Waals surface area contributed by atoms with Crippen LogP contribution in [0, 0.1) is 0 Å². The molecule has 8 heteroatoms. The van der Waals surface area contributed by atoms with Gasteiger partial charge in [-0.1, -0.05) is 64.5 Å². The third kappa shape index (κ3) is 3.80. The Kier molecular flexibility index (Phi) is 5.28. The second kappa shape index (κ2) is 8.39. The molecular formula is C24H19BrN6O. The molecule has 0 fully saturated rings. The molecule has 3 heterocycles. The van der Waals surface area contributed by atoms with E-state index in [0.717, 1.165) is 15.6 Å². The van der Waals surface area contributed by atoms with Crippen molar-refractivity contribution < 1.29 is 4.79 Å². The Labute approximate surface area is 193 Å². The SMILES string of the molecule is CC1=C(C(=O)Nc2ccccn2)[C@H](c2ccc(Br)cc2)n2nc(-c3ccccc3)nc2N1. The molecule has 4 aromatic rings. The van der Waals surface area contributed by atoms with E-state index < -0.39 is 6.04 Å². The van der Waals surface area contributed by atoms with Crippen LogP contribution in [-0.4, -0.2) is 25.7 Å². The Morgan fingerprint density at radius 1 is 1.03 bits per heavy atom. The van der Waals surface area contributed by atoms with Crippen molar-refractivity contribution in [1.82, 2.24) is 19.7 Å². The Hall–Kier alpha value is -3.78. The highest BCUT2D eigenvalue weighted by Gasteiger charge is 2.34. The van der Waals surface area contributed by atoms with Crippen molar-refractivity contribution in [3.05, 3.63) is 100 Å². The number of benzene rings is 2. The number of amides is 1. The number of halogens is 1. The molecule has 0 unspecified atom stereocenters. The van der Waals surface area contributed by atoms with Gasteiger partial charge in [-0.05, 0) is 36.8 Å². The van der Waals surface area contributed by atoms with E-state index in [1.807, 2.05) is 67.6 Å². The zero-order valence-electron chi connectivity index (χ0n) is 17.2. The van der Waals surface area contributed by atoms with Crippen LogP contribution in [0.5, 0.6) is 0 Å². The number of hydrogen-bond acceptors (Lipinski definition) is 5. The van der Waals surface area contributed by atoms with Gasteiger partial charge in [-0.25, -0.2) is 9.67 Å². The first-order valence-corrected chi connectivity index (χ1v) is 10.9. The molecule has 7 nitrogen and oxygen atoms in total. The van der Waals surface area contributed by atoms with Gasteiger partial charge in [0.15, 0.2) is 5.82 Å². The molecule has 5 rings (SSSR count). The maximum Gasteiger partial charge on any atom is 0.257 e. The van der Waals surface area contributed by atoms with Crippen LogP contribution in [0.2, 0.25) is 0 Å². The Bertz CT molecular complexity index is 1300. The van der Waals surface area contributed by atoms with Crippen LogP contribution in [-0.2, 0) is 4.79 Å². The quantitative estimate of drug-likeness (QED) is 0.422. The largest absolute Gasteiger partial charge is 0.328 e. The monoisotopic (exact) mass is 486 g/mol. The number of pyridine rings is 1. The molecule has 0 radical (unpaired) electrons. The van der Waals surface area contributed by atoms with Gasteiger partial charge in [-0.15, -0.1) is 5.10 Å². The van der Waals surface area contributed by atoms with E-state index in [4.69, 9.17) is 10.1 Å². The summed E-state index contributed by atoms with van der Waals surface area (Å²) in [6, 6.07) is 22.6. The molecule has 32 heavy (non-hydrogen) atoms. The van der Waals surface area contributed by atoms with Gasteiger partial charge >= 0.3 is 0 Å². The molecule has 1 aliphatic heterocycles. The molecule has 0 aliphatic carbocycles. The van der Waals surface area contributed by atoms with Crippen LogP contribution in [0.4, 0.5) is 11.8 Å². The predicted molar refractivity (Wildman–Crippen MR) is 127 cm³/mol. The van der Waals surface area contributed by atoms with Gasteiger partial charge in [0.2, 0.25) is 5.95 Å². The molecule has 0 bridgehead atoms. The smallest absolute Gasteiger partial charge is 0.257 e. The maximum absolute atomic E-state index is 13.4. The number of hydrogen-bond donors (Lipinski definition) is 2. The summed E-state index contributed by atoms with van der Waals surface area (Å²) in [5.41, 5.74) is 3.09. The number of aromatic nitrogens is 4. The summed E-state index contributed by atoms with van der Waals surface area (Å²) in [4.78, 5) is 22.3. The van der Waals surface area contributed by atoms with Crippen LogP contribution in [0.1, 0.15) is 18.5 Å². The summed E-state index contributed by atoms with van der Waals surface area (Å²) in [7, 11) is 0. The lowest BCUT2D eigenvalue weighted by Crippen LogP contribution is -2.31. The number of nitrogens with one attached hydrogen (secondary N) is 2. The fourth-order valence-electron chi connectivity index (χ4n) is 3.73. The number of carbonyl (C=O) groups excluding carboxylic acids is 1. The van der Waals surface area contributed by atoms with Gasteiger partial charge in [0.1, 0.15) is 11.9 Å². The second-order valence-corrected chi connectivity index (χ2v) is 8.27. The van der Waals surface area contributed by atoms with Crippen molar-refractivity contribution in [3.8, 4) is 11.4 Å². The zero-order chi connectivity index (χ0) is 22.1.